The number of nitrogens with zero attached hydrogens (tertiary/aromatic N) is 3. The molecular formula is C12H21BrN4. The normalized spacial score (nSPS) is 22.6. The molecule has 0 radical (unpaired) electrons. The first-order valence-electron chi connectivity index (χ1n) is 6.36. The van der Waals surface area contributed by atoms with E-state index in [0.29, 0.717) is 6.04 Å². The minimum Gasteiger partial charge on any atom is -0.383 e. The summed E-state index contributed by atoms with van der Waals surface area (Å²) in [5.74, 6) is 0.775. The minimum atomic E-state index is 0.455. The van der Waals surface area contributed by atoms with Gasteiger partial charge in [-0.25, -0.2) is 4.68 Å². The van der Waals surface area contributed by atoms with Gasteiger partial charge in [0.1, 0.15) is 5.82 Å². The molecule has 1 aliphatic rings. The van der Waals surface area contributed by atoms with E-state index in [1.165, 1.54) is 19.4 Å². The van der Waals surface area contributed by atoms with E-state index in [4.69, 9.17) is 5.73 Å². The summed E-state index contributed by atoms with van der Waals surface area (Å²) in [4.78, 5) is 2.50. The minimum absolute atomic E-state index is 0.455. The van der Waals surface area contributed by atoms with E-state index in [-0.39, 0.29) is 0 Å². The van der Waals surface area contributed by atoms with Gasteiger partial charge in [-0.2, -0.15) is 5.10 Å². The summed E-state index contributed by atoms with van der Waals surface area (Å²) in [6.07, 6.45) is 3.55. The number of likely N-dealkylation sites (tertiary alicyclic amines) is 1. The predicted molar refractivity (Wildman–Crippen MR) is 74.1 cm³/mol. The number of nitrogens with two attached hydrogens (primary N) is 1. The van der Waals surface area contributed by atoms with Crippen LogP contribution in [0.4, 0.5) is 5.82 Å². The predicted octanol–water partition coefficient (Wildman–Crippen LogP) is 2.58. The van der Waals surface area contributed by atoms with Crippen molar-refractivity contribution in [1.82, 2.24) is 14.7 Å². The number of rotatable bonds is 2. The van der Waals surface area contributed by atoms with E-state index < -0.39 is 0 Å². The second-order valence-electron chi connectivity index (χ2n) is 4.75. The molecule has 0 amide bonds. The molecule has 17 heavy (non-hydrogen) atoms. The maximum atomic E-state index is 6.09. The second kappa shape index (κ2) is 5.40. The highest BCUT2D eigenvalue weighted by atomic mass is 79.9. The third kappa shape index (κ3) is 2.65. The van der Waals surface area contributed by atoms with Crippen LogP contribution in [0.15, 0.2) is 4.47 Å². The molecule has 1 atom stereocenters. The molecule has 96 valence electrons. The summed E-state index contributed by atoms with van der Waals surface area (Å²) in [5.41, 5.74) is 7.08. The Labute approximate surface area is 111 Å². The van der Waals surface area contributed by atoms with Crippen molar-refractivity contribution in [2.24, 2.45) is 0 Å². The number of hydrogen-bond acceptors (Lipinski definition) is 3. The van der Waals surface area contributed by atoms with Crippen LogP contribution >= 0.6 is 15.9 Å². The molecule has 0 saturated carbocycles. The fourth-order valence-electron chi connectivity index (χ4n) is 2.52. The van der Waals surface area contributed by atoms with Crippen LogP contribution in [0.2, 0.25) is 0 Å². The summed E-state index contributed by atoms with van der Waals surface area (Å²) < 4.78 is 2.97. The van der Waals surface area contributed by atoms with Crippen molar-refractivity contribution in [3.8, 4) is 0 Å². The van der Waals surface area contributed by atoms with Crippen LogP contribution in [0, 0.1) is 6.92 Å². The average molecular weight is 301 g/mol. The van der Waals surface area contributed by atoms with Gasteiger partial charge >= 0.3 is 0 Å². The lowest BCUT2D eigenvalue weighted by Crippen LogP contribution is -2.24. The highest BCUT2D eigenvalue weighted by Gasteiger charge is 2.21. The van der Waals surface area contributed by atoms with Gasteiger partial charge in [0.15, 0.2) is 0 Å². The lowest BCUT2D eigenvalue weighted by atomic mass is 10.1. The van der Waals surface area contributed by atoms with Crippen LogP contribution in [0.5, 0.6) is 0 Å². The summed E-state index contributed by atoms with van der Waals surface area (Å²) in [6.45, 7) is 7.71. The van der Waals surface area contributed by atoms with Crippen molar-refractivity contribution < 1.29 is 0 Å². The highest BCUT2D eigenvalue weighted by molar-refractivity contribution is 9.10. The molecule has 1 aliphatic heterocycles. The lowest BCUT2D eigenvalue weighted by Gasteiger charge is -2.18. The van der Waals surface area contributed by atoms with Crippen molar-refractivity contribution in [2.75, 3.05) is 25.4 Å². The Bertz CT molecular complexity index is 388. The maximum absolute atomic E-state index is 6.09. The molecule has 1 fully saturated rings. The number of halogens is 1. The first-order chi connectivity index (χ1) is 8.13. The second-order valence-corrected chi connectivity index (χ2v) is 5.54. The molecule has 0 bridgehead atoms. The van der Waals surface area contributed by atoms with E-state index in [1.54, 1.807) is 0 Å². The summed E-state index contributed by atoms with van der Waals surface area (Å²) in [7, 11) is 0. The van der Waals surface area contributed by atoms with Crippen molar-refractivity contribution in [2.45, 2.75) is 39.2 Å². The molecule has 0 spiro atoms. The Balaban J connectivity index is 2.14. The van der Waals surface area contributed by atoms with Crippen LogP contribution in [0.1, 0.15) is 37.9 Å². The molecule has 1 aromatic heterocycles. The van der Waals surface area contributed by atoms with Gasteiger partial charge in [0, 0.05) is 6.54 Å². The molecule has 0 aliphatic carbocycles. The Morgan fingerprint density at radius 2 is 2.18 bits per heavy atom. The maximum Gasteiger partial charge on any atom is 0.136 e. The molecule has 5 heteroatoms. The van der Waals surface area contributed by atoms with Crippen molar-refractivity contribution in [3.05, 3.63) is 10.2 Å². The summed E-state index contributed by atoms with van der Waals surface area (Å²) >= 11 is 3.49. The number of nitrogen functional groups attached to an aromatic ring is 1. The van der Waals surface area contributed by atoms with Gasteiger partial charge in [-0.3, -0.25) is 0 Å². The monoisotopic (exact) mass is 300 g/mol. The van der Waals surface area contributed by atoms with Gasteiger partial charge in [-0.15, -0.1) is 0 Å². The van der Waals surface area contributed by atoms with Crippen molar-refractivity contribution in [3.63, 3.8) is 0 Å². The lowest BCUT2D eigenvalue weighted by molar-refractivity contribution is 0.294. The number of anilines is 1. The number of aromatic nitrogens is 2. The molecule has 1 unspecified atom stereocenters. The van der Waals surface area contributed by atoms with Crippen LogP contribution in [0.3, 0.4) is 0 Å². The zero-order valence-electron chi connectivity index (χ0n) is 10.6. The largest absolute Gasteiger partial charge is 0.383 e. The molecule has 4 nitrogen and oxygen atoms in total. The zero-order chi connectivity index (χ0) is 12.4. The SMILES string of the molecule is CCN1CCCC(n2nc(C)c(Br)c2N)CC1. The van der Waals surface area contributed by atoms with Gasteiger partial charge in [0.25, 0.3) is 0 Å². The summed E-state index contributed by atoms with van der Waals surface area (Å²) in [6, 6.07) is 0.455. The first-order valence-corrected chi connectivity index (χ1v) is 7.15. The van der Waals surface area contributed by atoms with Gasteiger partial charge < -0.3 is 10.6 Å². The molecular weight excluding hydrogens is 280 g/mol. The van der Waals surface area contributed by atoms with Crippen LogP contribution < -0.4 is 5.73 Å². The Morgan fingerprint density at radius 3 is 2.76 bits per heavy atom. The smallest absolute Gasteiger partial charge is 0.136 e. The standard InChI is InChI=1S/C12H21BrN4/c1-3-16-7-4-5-10(6-8-16)17-12(14)11(13)9(2)15-17/h10H,3-8,14H2,1-2H3. The fraction of sp³-hybridized carbons (Fsp3) is 0.750. The quantitative estimate of drug-likeness (QED) is 0.913. The third-order valence-electron chi connectivity index (χ3n) is 3.63. The van der Waals surface area contributed by atoms with Crippen LogP contribution in [-0.4, -0.2) is 34.3 Å². The molecule has 2 rings (SSSR count). The van der Waals surface area contributed by atoms with Crippen molar-refractivity contribution >= 4 is 21.7 Å². The summed E-state index contributed by atoms with van der Waals surface area (Å²) in [5, 5.41) is 4.55. The zero-order valence-corrected chi connectivity index (χ0v) is 12.2. The highest BCUT2D eigenvalue weighted by Crippen LogP contribution is 2.30. The molecule has 2 N–H and O–H groups in total. The molecule has 1 saturated heterocycles. The van der Waals surface area contributed by atoms with E-state index in [2.05, 4.69) is 32.9 Å². The van der Waals surface area contributed by atoms with E-state index in [9.17, 15) is 0 Å². The van der Waals surface area contributed by atoms with Gasteiger partial charge in [-0.05, 0) is 55.2 Å². The van der Waals surface area contributed by atoms with Gasteiger partial charge in [0.2, 0.25) is 0 Å². The van der Waals surface area contributed by atoms with E-state index in [1.807, 2.05) is 11.6 Å². The Morgan fingerprint density at radius 1 is 1.41 bits per heavy atom. The van der Waals surface area contributed by atoms with Crippen molar-refractivity contribution in [1.29, 1.82) is 0 Å². The molecule has 2 heterocycles. The fourth-order valence-corrected chi connectivity index (χ4v) is 2.78. The van der Waals surface area contributed by atoms with Crippen LogP contribution in [0.25, 0.3) is 0 Å². The topological polar surface area (TPSA) is 47.1 Å². The Kier molecular flexibility index (Phi) is 4.09. The third-order valence-corrected chi connectivity index (χ3v) is 4.61. The van der Waals surface area contributed by atoms with E-state index in [0.717, 1.165) is 35.5 Å². The molecule has 0 aromatic carbocycles. The molecule has 1 aromatic rings. The number of aryl methyl sites for hydroxylation is 1. The van der Waals surface area contributed by atoms with Crippen LogP contribution in [-0.2, 0) is 0 Å². The average Bonchev–Trinajstić information content (AvgIpc) is 2.55. The Hall–Kier alpha value is -0.550. The van der Waals surface area contributed by atoms with Gasteiger partial charge in [-0.1, -0.05) is 6.92 Å². The van der Waals surface area contributed by atoms with Gasteiger partial charge in [0.05, 0.1) is 16.2 Å². The first kappa shape index (κ1) is 12.9. The number of hydrogen-bond donors (Lipinski definition) is 1. The van der Waals surface area contributed by atoms with E-state index >= 15 is 0 Å².